The van der Waals surface area contributed by atoms with Gasteiger partial charge in [-0.3, -0.25) is 0 Å². The summed E-state index contributed by atoms with van der Waals surface area (Å²) in [7, 11) is 0. The number of aromatic nitrogens is 2. The Morgan fingerprint density at radius 3 is 3.00 bits per heavy atom. The first-order chi connectivity index (χ1) is 8.67. The highest BCUT2D eigenvalue weighted by atomic mass is 35.5. The molecule has 1 saturated heterocycles. The van der Waals surface area contributed by atoms with E-state index in [1.165, 1.54) is 6.33 Å². The van der Waals surface area contributed by atoms with Crippen LogP contribution in [0.5, 0.6) is 0 Å². The first kappa shape index (κ1) is 13.5. The van der Waals surface area contributed by atoms with Crippen molar-refractivity contribution in [3.63, 3.8) is 0 Å². The minimum Gasteiger partial charge on any atom is -0.373 e. The van der Waals surface area contributed by atoms with Crippen molar-refractivity contribution in [1.29, 1.82) is 0 Å². The molecule has 0 radical (unpaired) electrons. The Morgan fingerprint density at radius 2 is 2.33 bits per heavy atom. The molecule has 0 bridgehead atoms. The van der Waals surface area contributed by atoms with Gasteiger partial charge in [0, 0.05) is 6.54 Å². The third kappa shape index (κ3) is 2.57. The van der Waals surface area contributed by atoms with Crippen molar-refractivity contribution in [2.75, 3.05) is 23.9 Å². The van der Waals surface area contributed by atoms with Crippen LogP contribution in [0.15, 0.2) is 6.33 Å². The van der Waals surface area contributed by atoms with Gasteiger partial charge in [0.2, 0.25) is 0 Å². The Balaban J connectivity index is 2.28. The number of ether oxygens (including phenoxy) is 1. The summed E-state index contributed by atoms with van der Waals surface area (Å²) in [6, 6.07) is 0.0820. The predicted molar refractivity (Wildman–Crippen MR) is 68.6 cm³/mol. The fourth-order valence-corrected chi connectivity index (χ4v) is 2.23. The lowest BCUT2D eigenvalue weighted by molar-refractivity contribution is 0.0358. The van der Waals surface area contributed by atoms with Gasteiger partial charge in [-0.25, -0.2) is 14.4 Å². The zero-order valence-corrected chi connectivity index (χ0v) is 11.3. The summed E-state index contributed by atoms with van der Waals surface area (Å²) in [4.78, 5) is 9.93. The van der Waals surface area contributed by atoms with Crippen LogP contribution < -0.4 is 4.90 Å². The standard InChI is InChI=1S/C12H17ClFN3O/c1-3-10-11(14)12(16-7-15-10)17-5-9(4-13)18-6-8(17)2/h7-9H,3-6H2,1-2H3. The third-order valence-corrected chi connectivity index (χ3v) is 3.47. The van der Waals surface area contributed by atoms with Gasteiger partial charge in [0.05, 0.1) is 30.3 Å². The molecule has 1 fully saturated rings. The summed E-state index contributed by atoms with van der Waals surface area (Å²) >= 11 is 5.80. The van der Waals surface area contributed by atoms with Crippen LogP contribution in [0.1, 0.15) is 19.5 Å². The minimum atomic E-state index is -0.331. The average molecular weight is 274 g/mol. The van der Waals surface area contributed by atoms with E-state index in [-0.39, 0.29) is 18.0 Å². The zero-order chi connectivity index (χ0) is 13.1. The van der Waals surface area contributed by atoms with Gasteiger partial charge >= 0.3 is 0 Å². The van der Waals surface area contributed by atoms with Gasteiger partial charge in [-0.1, -0.05) is 6.92 Å². The van der Waals surface area contributed by atoms with Crippen LogP contribution in [0.25, 0.3) is 0 Å². The largest absolute Gasteiger partial charge is 0.373 e. The molecule has 0 N–H and O–H groups in total. The number of anilines is 1. The van der Waals surface area contributed by atoms with Gasteiger partial charge in [-0.2, -0.15) is 0 Å². The molecule has 0 spiro atoms. The van der Waals surface area contributed by atoms with Gasteiger partial charge < -0.3 is 9.64 Å². The lowest BCUT2D eigenvalue weighted by atomic mass is 10.2. The van der Waals surface area contributed by atoms with Crippen molar-refractivity contribution in [1.82, 2.24) is 9.97 Å². The van der Waals surface area contributed by atoms with Gasteiger partial charge in [-0.05, 0) is 13.3 Å². The molecule has 0 aliphatic carbocycles. The van der Waals surface area contributed by atoms with Crippen molar-refractivity contribution >= 4 is 17.4 Å². The van der Waals surface area contributed by atoms with E-state index in [1.54, 1.807) is 0 Å². The highest BCUT2D eigenvalue weighted by molar-refractivity contribution is 6.18. The van der Waals surface area contributed by atoms with E-state index >= 15 is 0 Å². The van der Waals surface area contributed by atoms with Crippen LogP contribution in [-0.4, -0.2) is 41.1 Å². The van der Waals surface area contributed by atoms with Crippen molar-refractivity contribution in [3.8, 4) is 0 Å². The third-order valence-electron chi connectivity index (χ3n) is 3.13. The van der Waals surface area contributed by atoms with E-state index in [4.69, 9.17) is 16.3 Å². The molecule has 2 atom stereocenters. The van der Waals surface area contributed by atoms with Gasteiger partial charge in [0.25, 0.3) is 0 Å². The van der Waals surface area contributed by atoms with E-state index in [1.807, 2.05) is 18.7 Å². The Bertz CT molecular complexity index is 418. The van der Waals surface area contributed by atoms with E-state index in [9.17, 15) is 4.39 Å². The Labute approximate surface area is 111 Å². The smallest absolute Gasteiger partial charge is 0.187 e. The Morgan fingerprint density at radius 1 is 1.56 bits per heavy atom. The summed E-state index contributed by atoms with van der Waals surface area (Å²) < 4.78 is 19.8. The molecule has 1 aliphatic rings. The van der Waals surface area contributed by atoms with Crippen LogP contribution >= 0.6 is 11.6 Å². The highest BCUT2D eigenvalue weighted by Gasteiger charge is 2.29. The molecule has 0 saturated carbocycles. The maximum absolute atomic E-state index is 14.2. The van der Waals surface area contributed by atoms with Crippen molar-refractivity contribution < 1.29 is 9.13 Å². The number of halogens is 2. The second-order valence-electron chi connectivity index (χ2n) is 4.42. The summed E-state index contributed by atoms with van der Waals surface area (Å²) in [5.41, 5.74) is 0.445. The number of hydrogen-bond acceptors (Lipinski definition) is 4. The van der Waals surface area contributed by atoms with Crippen LogP contribution in [0.2, 0.25) is 0 Å². The van der Waals surface area contributed by atoms with E-state index in [0.717, 1.165) is 0 Å². The molecule has 2 unspecified atom stereocenters. The summed E-state index contributed by atoms with van der Waals surface area (Å²) in [6.07, 6.45) is 1.89. The maximum Gasteiger partial charge on any atom is 0.187 e. The zero-order valence-electron chi connectivity index (χ0n) is 10.6. The fourth-order valence-electron chi connectivity index (χ4n) is 2.05. The van der Waals surface area contributed by atoms with E-state index < -0.39 is 0 Å². The molecule has 0 aromatic carbocycles. The van der Waals surface area contributed by atoms with E-state index in [2.05, 4.69) is 9.97 Å². The van der Waals surface area contributed by atoms with Crippen LogP contribution in [0.3, 0.4) is 0 Å². The fraction of sp³-hybridized carbons (Fsp3) is 0.667. The van der Waals surface area contributed by atoms with Crippen LogP contribution in [0, 0.1) is 5.82 Å². The van der Waals surface area contributed by atoms with Gasteiger partial charge in [-0.15, -0.1) is 11.6 Å². The Hall–Kier alpha value is -0.940. The molecule has 4 nitrogen and oxygen atoms in total. The Kier molecular flexibility index (Phi) is 4.35. The molecular formula is C12H17ClFN3O. The van der Waals surface area contributed by atoms with E-state index in [0.29, 0.717) is 37.0 Å². The molecule has 2 heterocycles. The highest BCUT2D eigenvalue weighted by Crippen LogP contribution is 2.24. The topological polar surface area (TPSA) is 38.2 Å². The van der Waals surface area contributed by atoms with Gasteiger partial charge in [0.1, 0.15) is 6.33 Å². The molecule has 0 amide bonds. The lowest BCUT2D eigenvalue weighted by Gasteiger charge is -2.38. The predicted octanol–water partition coefficient (Wildman–Crippen LogP) is 2.01. The summed E-state index contributed by atoms with van der Waals surface area (Å²) in [5, 5.41) is 0. The van der Waals surface area contributed by atoms with Crippen molar-refractivity contribution in [2.24, 2.45) is 0 Å². The second kappa shape index (κ2) is 5.80. The number of aryl methyl sites for hydroxylation is 1. The molecule has 1 aliphatic heterocycles. The summed E-state index contributed by atoms with van der Waals surface area (Å²) in [5.74, 6) is 0.422. The van der Waals surface area contributed by atoms with Crippen molar-refractivity contribution in [2.45, 2.75) is 32.4 Å². The molecule has 100 valence electrons. The summed E-state index contributed by atoms with van der Waals surface area (Å²) in [6.45, 7) is 4.95. The maximum atomic E-state index is 14.2. The lowest BCUT2D eigenvalue weighted by Crippen LogP contribution is -2.49. The first-order valence-electron chi connectivity index (χ1n) is 6.11. The number of nitrogens with zero attached hydrogens (tertiary/aromatic N) is 3. The minimum absolute atomic E-state index is 0.0812. The molecular weight excluding hydrogens is 257 g/mol. The van der Waals surface area contributed by atoms with Crippen molar-refractivity contribution in [3.05, 3.63) is 17.8 Å². The average Bonchev–Trinajstić information content (AvgIpc) is 2.40. The van der Waals surface area contributed by atoms with Crippen LogP contribution in [-0.2, 0) is 11.2 Å². The number of morpholine rings is 1. The molecule has 1 aromatic heterocycles. The second-order valence-corrected chi connectivity index (χ2v) is 4.73. The monoisotopic (exact) mass is 273 g/mol. The molecule has 2 rings (SSSR count). The molecule has 1 aromatic rings. The molecule has 18 heavy (non-hydrogen) atoms. The molecule has 6 heteroatoms. The number of alkyl halides is 1. The van der Waals surface area contributed by atoms with Gasteiger partial charge in [0.15, 0.2) is 11.6 Å². The SMILES string of the molecule is CCc1ncnc(N2CC(CCl)OCC2C)c1F. The van der Waals surface area contributed by atoms with Crippen LogP contribution in [0.4, 0.5) is 10.2 Å². The number of hydrogen-bond donors (Lipinski definition) is 0. The first-order valence-corrected chi connectivity index (χ1v) is 6.64. The number of rotatable bonds is 3. The quantitative estimate of drug-likeness (QED) is 0.790. The normalized spacial score (nSPS) is 24.3.